The molecular formula is C50H31N3S2. The summed E-state index contributed by atoms with van der Waals surface area (Å²) in [6, 6.07) is 60.8. The monoisotopic (exact) mass is 737 g/mol. The lowest BCUT2D eigenvalue weighted by Crippen LogP contribution is -2.00. The van der Waals surface area contributed by atoms with Crippen molar-refractivity contribution in [1.29, 1.82) is 0 Å². The summed E-state index contributed by atoms with van der Waals surface area (Å²) >= 11 is 3.69. The number of fused-ring (bicyclic) bond motifs is 7. The number of rotatable bonds is 5. The van der Waals surface area contributed by atoms with Gasteiger partial charge in [-0.05, 0) is 88.0 Å². The zero-order valence-corrected chi connectivity index (χ0v) is 31.5. The Bertz CT molecular complexity index is 3300. The van der Waals surface area contributed by atoms with E-state index in [2.05, 4.69) is 177 Å². The first-order valence-electron chi connectivity index (χ1n) is 18.4. The molecule has 11 aromatic rings. The summed E-state index contributed by atoms with van der Waals surface area (Å²) in [5.41, 5.74) is 8.81. The van der Waals surface area contributed by atoms with E-state index in [0.29, 0.717) is 17.5 Å². The third-order valence-electron chi connectivity index (χ3n) is 10.6. The molecule has 0 atom stereocenters. The Morgan fingerprint density at radius 3 is 1.53 bits per heavy atom. The van der Waals surface area contributed by atoms with Crippen LogP contribution in [0.25, 0.3) is 108 Å². The van der Waals surface area contributed by atoms with Gasteiger partial charge in [0.05, 0.1) is 0 Å². The van der Waals surface area contributed by atoms with Crippen LogP contribution >= 0.6 is 22.7 Å². The molecule has 0 radical (unpaired) electrons. The van der Waals surface area contributed by atoms with Crippen LogP contribution in [0.2, 0.25) is 0 Å². The van der Waals surface area contributed by atoms with E-state index in [-0.39, 0.29) is 0 Å². The Labute approximate surface area is 325 Å². The van der Waals surface area contributed by atoms with Gasteiger partial charge < -0.3 is 0 Å². The molecule has 5 heteroatoms. The Kier molecular flexibility index (Phi) is 7.44. The lowest BCUT2D eigenvalue weighted by molar-refractivity contribution is 1.07. The molecule has 0 unspecified atom stereocenters. The van der Waals surface area contributed by atoms with Crippen LogP contribution < -0.4 is 0 Å². The van der Waals surface area contributed by atoms with Gasteiger partial charge in [-0.1, -0.05) is 127 Å². The molecule has 0 spiro atoms. The van der Waals surface area contributed by atoms with Crippen LogP contribution in [-0.4, -0.2) is 15.0 Å². The van der Waals surface area contributed by atoms with Crippen molar-refractivity contribution in [1.82, 2.24) is 15.0 Å². The van der Waals surface area contributed by atoms with Crippen molar-refractivity contribution >= 4 is 73.8 Å². The molecule has 8 aromatic carbocycles. The van der Waals surface area contributed by atoms with E-state index in [1.54, 1.807) is 0 Å². The zero-order valence-electron chi connectivity index (χ0n) is 29.8. The average molecular weight is 738 g/mol. The van der Waals surface area contributed by atoms with E-state index in [1.165, 1.54) is 62.4 Å². The number of aryl methyl sites for hydroxylation is 1. The number of hydrogen-bond donors (Lipinski definition) is 0. The van der Waals surface area contributed by atoms with Crippen molar-refractivity contribution in [3.8, 4) is 56.4 Å². The van der Waals surface area contributed by atoms with Crippen molar-refractivity contribution in [2.24, 2.45) is 0 Å². The lowest BCUT2D eigenvalue weighted by atomic mass is 9.97. The maximum Gasteiger partial charge on any atom is 0.164 e. The number of thiophene rings is 2. The van der Waals surface area contributed by atoms with Gasteiger partial charge >= 0.3 is 0 Å². The summed E-state index contributed by atoms with van der Waals surface area (Å²) in [6.45, 7) is 2.16. The summed E-state index contributed by atoms with van der Waals surface area (Å²) in [4.78, 5) is 15.6. The van der Waals surface area contributed by atoms with Gasteiger partial charge in [-0.15, -0.1) is 22.7 Å². The SMILES string of the molecule is Cc1ccc2c(c1)sc1cccc(-c3cccc(-c4nc(-c5cccc(-c6cccc7sc8ccccc8c67)c5)nc(-c5ccc6ccccc6c5)n4)c3)c12. The van der Waals surface area contributed by atoms with Crippen LogP contribution in [0.4, 0.5) is 0 Å². The molecule has 55 heavy (non-hydrogen) atoms. The Hall–Kier alpha value is -6.53. The summed E-state index contributed by atoms with van der Waals surface area (Å²) in [7, 11) is 0. The smallest absolute Gasteiger partial charge is 0.164 e. The third kappa shape index (κ3) is 5.51. The van der Waals surface area contributed by atoms with Gasteiger partial charge in [-0.3, -0.25) is 0 Å². The largest absolute Gasteiger partial charge is 0.208 e. The Morgan fingerprint density at radius 1 is 0.345 bits per heavy atom. The van der Waals surface area contributed by atoms with Crippen molar-refractivity contribution in [3.63, 3.8) is 0 Å². The molecule has 0 N–H and O–H groups in total. The molecule has 3 heterocycles. The van der Waals surface area contributed by atoms with Crippen LogP contribution in [-0.2, 0) is 0 Å². The Morgan fingerprint density at radius 2 is 0.855 bits per heavy atom. The number of nitrogens with zero attached hydrogens (tertiary/aromatic N) is 3. The summed E-state index contributed by atoms with van der Waals surface area (Å²) in [6.07, 6.45) is 0. The minimum absolute atomic E-state index is 0.643. The predicted molar refractivity (Wildman–Crippen MR) is 235 cm³/mol. The summed E-state index contributed by atoms with van der Waals surface area (Å²) in [5.74, 6) is 1.93. The van der Waals surface area contributed by atoms with Gasteiger partial charge in [-0.25, -0.2) is 15.0 Å². The van der Waals surface area contributed by atoms with E-state index in [4.69, 9.17) is 15.0 Å². The van der Waals surface area contributed by atoms with E-state index in [0.717, 1.165) is 33.2 Å². The van der Waals surface area contributed by atoms with E-state index in [9.17, 15) is 0 Å². The molecule has 0 fully saturated rings. The molecule has 0 saturated carbocycles. The van der Waals surface area contributed by atoms with Crippen LogP contribution in [0.3, 0.4) is 0 Å². The second kappa shape index (κ2) is 12.8. The highest BCUT2D eigenvalue weighted by Crippen LogP contribution is 2.42. The number of hydrogen-bond acceptors (Lipinski definition) is 5. The van der Waals surface area contributed by atoms with E-state index in [1.807, 2.05) is 22.7 Å². The normalized spacial score (nSPS) is 11.7. The zero-order chi connectivity index (χ0) is 36.5. The lowest BCUT2D eigenvalue weighted by Gasteiger charge is -2.12. The number of benzene rings is 8. The van der Waals surface area contributed by atoms with Crippen molar-refractivity contribution < 1.29 is 0 Å². The van der Waals surface area contributed by atoms with Gasteiger partial charge in [0, 0.05) is 57.0 Å². The number of aromatic nitrogens is 3. The molecule has 0 aliphatic carbocycles. The van der Waals surface area contributed by atoms with Gasteiger partial charge in [-0.2, -0.15) is 0 Å². The third-order valence-corrected chi connectivity index (χ3v) is 12.8. The molecule has 258 valence electrons. The quantitative estimate of drug-likeness (QED) is 0.177. The highest BCUT2D eigenvalue weighted by Gasteiger charge is 2.17. The minimum atomic E-state index is 0.643. The summed E-state index contributed by atoms with van der Waals surface area (Å²) in [5, 5.41) is 7.48. The van der Waals surface area contributed by atoms with Crippen LogP contribution in [0.15, 0.2) is 170 Å². The fourth-order valence-electron chi connectivity index (χ4n) is 7.93. The standard InChI is InChI=1S/C50H31N3S2/c1-30-22-25-41-45(26-30)55-44-21-9-18-39(47(41)44)34-13-7-15-36(29-34)49-51-48(52-50(53-49)37-24-23-31-10-2-3-11-32(31)27-37)35-14-6-12-33(28-35)38-17-8-20-43-46(38)40-16-4-5-19-42(40)54-43/h2-29H,1H3. The average Bonchev–Trinajstić information content (AvgIpc) is 3.81. The fourth-order valence-corrected chi connectivity index (χ4v) is 10.3. The fraction of sp³-hybridized carbons (Fsp3) is 0.0200. The van der Waals surface area contributed by atoms with Crippen molar-refractivity contribution in [2.75, 3.05) is 0 Å². The first kappa shape index (κ1) is 31.9. The molecule has 3 aromatic heterocycles. The van der Waals surface area contributed by atoms with Gasteiger partial charge in [0.1, 0.15) is 0 Å². The molecule has 0 bridgehead atoms. The van der Waals surface area contributed by atoms with Crippen LogP contribution in [0, 0.1) is 6.92 Å². The highest BCUT2D eigenvalue weighted by atomic mass is 32.1. The van der Waals surface area contributed by atoms with Gasteiger partial charge in [0.2, 0.25) is 0 Å². The molecule has 0 saturated heterocycles. The van der Waals surface area contributed by atoms with E-state index < -0.39 is 0 Å². The van der Waals surface area contributed by atoms with E-state index >= 15 is 0 Å². The topological polar surface area (TPSA) is 38.7 Å². The van der Waals surface area contributed by atoms with Crippen LogP contribution in [0.5, 0.6) is 0 Å². The predicted octanol–water partition coefficient (Wildman–Crippen LogP) is 14.4. The minimum Gasteiger partial charge on any atom is -0.208 e. The molecule has 11 rings (SSSR count). The first-order valence-corrected chi connectivity index (χ1v) is 20.1. The van der Waals surface area contributed by atoms with Crippen molar-refractivity contribution in [2.45, 2.75) is 6.92 Å². The Balaban J connectivity index is 1.09. The molecule has 0 aliphatic heterocycles. The van der Waals surface area contributed by atoms with Crippen molar-refractivity contribution in [3.05, 3.63) is 175 Å². The first-order chi connectivity index (χ1) is 27.1. The maximum atomic E-state index is 5.23. The second-order valence-electron chi connectivity index (χ2n) is 14.1. The molecule has 0 aliphatic rings. The molecule has 3 nitrogen and oxygen atoms in total. The second-order valence-corrected chi connectivity index (χ2v) is 16.3. The summed E-state index contributed by atoms with van der Waals surface area (Å²) < 4.78 is 5.18. The molecular weight excluding hydrogens is 707 g/mol. The van der Waals surface area contributed by atoms with Gasteiger partial charge in [0.15, 0.2) is 17.5 Å². The van der Waals surface area contributed by atoms with Gasteiger partial charge in [0.25, 0.3) is 0 Å². The highest BCUT2D eigenvalue weighted by molar-refractivity contribution is 7.26. The van der Waals surface area contributed by atoms with Crippen LogP contribution in [0.1, 0.15) is 5.56 Å². The molecule has 0 amide bonds. The maximum absolute atomic E-state index is 5.23.